The number of fused-ring (bicyclic) bond motifs is 1. The first-order chi connectivity index (χ1) is 23.7. The Bertz CT molecular complexity index is 1730. The summed E-state index contributed by atoms with van der Waals surface area (Å²) in [5, 5.41) is 35.0. The van der Waals surface area contributed by atoms with Crippen molar-refractivity contribution >= 4 is 59.2 Å². The number of ether oxygens (including phenoxy) is 1. The van der Waals surface area contributed by atoms with Gasteiger partial charge in [0.15, 0.2) is 11.5 Å². The van der Waals surface area contributed by atoms with E-state index in [1.165, 1.54) is 19.1 Å². The lowest BCUT2D eigenvalue weighted by Crippen LogP contribution is -2.66. The Kier molecular flexibility index (Phi) is 11.8. The highest BCUT2D eigenvalue weighted by atomic mass is 127. The minimum Gasteiger partial charge on any atom is -0.504 e. The second-order valence-corrected chi connectivity index (χ2v) is 19.9. The van der Waals surface area contributed by atoms with Crippen LogP contribution in [0.2, 0.25) is 5.04 Å². The van der Waals surface area contributed by atoms with Gasteiger partial charge in [0, 0.05) is 13.0 Å². The molecule has 1 aliphatic carbocycles. The smallest absolute Gasteiger partial charge is 0.261 e. The fourth-order valence-corrected chi connectivity index (χ4v) is 13.1. The van der Waals surface area contributed by atoms with Gasteiger partial charge >= 0.3 is 0 Å². The summed E-state index contributed by atoms with van der Waals surface area (Å²) in [5.74, 6) is -2.16. The van der Waals surface area contributed by atoms with Crippen molar-refractivity contribution in [3.05, 3.63) is 98.6 Å². The summed E-state index contributed by atoms with van der Waals surface area (Å²) < 4.78 is 13.3. The molecule has 0 saturated carbocycles. The Labute approximate surface area is 310 Å². The Hall–Kier alpha value is -3.29. The molecule has 3 aromatic rings. The second-order valence-electron chi connectivity index (χ2n) is 14.5. The molecule has 0 unspecified atom stereocenters. The van der Waals surface area contributed by atoms with E-state index in [1.807, 2.05) is 55.5 Å². The number of amides is 2. The van der Waals surface area contributed by atoms with Gasteiger partial charge in [-0.25, -0.2) is 0 Å². The van der Waals surface area contributed by atoms with Gasteiger partial charge in [0.25, 0.3) is 8.32 Å². The second kappa shape index (κ2) is 15.5. The molecule has 1 saturated heterocycles. The van der Waals surface area contributed by atoms with Gasteiger partial charge in [-0.3, -0.25) is 14.5 Å². The number of aliphatic hydroxyl groups is 2. The molecule has 2 aliphatic rings. The standard InChI is InChI=1S/C40H48INO7Si/c1-25(19-26-20-32(41)37(45)34(21-26)48-6)17-18-33(44)35-27(22-30-36(31(35)23-43)39(47)42(5)38(30)46)24-49-50(40(2,3)4,28-13-9-7-10-14-28)29-15-11-8-12-16-29/h7-16,19-21,30-31,33,36,43-45H,17-18,22-24H2,1-6H3/b25-19+/t30-,31+,33-,36-/m1/s1. The number of allylic oxidation sites excluding steroid dienone is 1. The van der Waals surface area contributed by atoms with Gasteiger partial charge in [0.1, 0.15) is 0 Å². The lowest BCUT2D eigenvalue weighted by Gasteiger charge is -2.44. The van der Waals surface area contributed by atoms with Crippen molar-refractivity contribution in [1.29, 1.82) is 0 Å². The van der Waals surface area contributed by atoms with E-state index in [2.05, 4.69) is 67.6 Å². The number of phenols is 1. The molecule has 0 bridgehead atoms. The van der Waals surface area contributed by atoms with Crippen LogP contribution in [0.4, 0.5) is 0 Å². The number of carbonyl (C=O) groups is 2. The molecule has 5 rings (SSSR count). The quantitative estimate of drug-likeness (QED) is 0.0936. The van der Waals surface area contributed by atoms with E-state index in [-0.39, 0.29) is 42.2 Å². The van der Waals surface area contributed by atoms with E-state index in [9.17, 15) is 24.9 Å². The van der Waals surface area contributed by atoms with E-state index in [0.717, 1.165) is 27.1 Å². The number of hydrogen-bond acceptors (Lipinski definition) is 7. The molecule has 1 aliphatic heterocycles. The monoisotopic (exact) mass is 809 g/mol. The van der Waals surface area contributed by atoms with Crippen LogP contribution in [-0.4, -0.2) is 73.8 Å². The van der Waals surface area contributed by atoms with Gasteiger partial charge < -0.3 is 24.5 Å². The predicted molar refractivity (Wildman–Crippen MR) is 207 cm³/mol. The zero-order valence-electron chi connectivity index (χ0n) is 29.7. The lowest BCUT2D eigenvalue weighted by atomic mass is 9.68. The predicted octanol–water partition coefficient (Wildman–Crippen LogP) is 5.67. The molecule has 50 heavy (non-hydrogen) atoms. The van der Waals surface area contributed by atoms with Gasteiger partial charge in [0.05, 0.1) is 41.8 Å². The molecule has 4 atom stereocenters. The lowest BCUT2D eigenvalue weighted by molar-refractivity contribution is -0.138. The number of likely N-dealkylation sites (tertiary alicyclic amines) is 1. The van der Waals surface area contributed by atoms with Crippen LogP contribution in [0.5, 0.6) is 11.5 Å². The maximum Gasteiger partial charge on any atom is 0.261 e. The number of methoxy groups -OCH3 is 1. The zero-order valence-corrected chi connectivity index (χ0v) is 32.8. The van der Waals surface area contributed by atoms with Crippen LogP contribution in [0.3, 0.4) is 0 Å². The molecule has 8 nitrogen and oxygen atoms in total. The number of hydrogen-bond donors (Lipinski definition) is 3. The molecule has 0 aromatic heterocycles. The summed E-state index contributed by atoms with van der Waals surface area (Å²) in [6.07, 6.45) is 2.18. The first-order valence-electron chi connectivity index (χ1n) is 17.1. The van der Waals surface area contributed by atoms with Crippen molar-refractivity contribution in [2.45, 2.75) is 58.1 Å². The summed E-state index contributed by atoms with van der Waals surface area (Å²) in [7, 11) is 0.0288. The van der Waals surface area contributed by atoms with Crippen LogP contribution in [0.25, 0.3) is 6.08 Å². The molecule has 3 N–H and O–H groups in total. The van der Waals surface area contributed by atoms with Gasteiger partial charge in [-0.05, 0) is 93.0 Å². The topological polar surface area (TPSA) is 117 Å². The molecule has 266 valence electrons. The highest BCUT2D eigenvalue weighted by Crippen LogP contribution is 2.47. The molecule has 0 spiro atoms. The molecule has 10 heteroatoms. The van der Waals surface area contributed by atoms with Gasteiger partial charge in [-0.1, -0.05) is 93.1 Å². The van der Waals surface area contributed by atoms with Crippen molar-refractivity contribution in [3.63, 3.8) is 0 Å². The van der Waals surface area contributed by atoms with Crippen molar-refractivity contribution in [2.24, 2.45) is 17.8 Å². The van der Waals surface area contributed by atoms with E-state index in [4.69, 9.17) is 9.16 Å². The number of nitrogens with zero attached hydrogens (tertiary/aromatic N) is 1. The molecular weight excluding hydrogens is 761 g/mol. The zero-order chi connectivity index (χ0) is 36.4. The third-order valence-electron chi connectivity index (χ3n) is 10.3. The Morgan fingerprint density at radius 2 is 1.64 bits per heavy atom. The number of carbonyl (C=O) groups excluding carboxylic acids is 2. The molecule has 3 aromatic carbocycles. The fourth-order valence-electron chi connectivity index (χ4n) is 7.92. The summed E-state index contributed by atoms with van der Waals surface area (Å²) in [6.45, 7) is 8.36. The summed E-state index contributed by atoms with van der Waals surface area (Å²) in [5.41, 5.74) is 3.25. The van der Waals surface area contributed by atoms with Gasteiger partial charge in [-0.2, -0.15) is 0 Å². The Balaban J connectivity index is 1.54. The first-order valence-corrected chi connectivity index (χ1v) is 20.0. The maximum absolute atomic E-state index is 13.4. The van der Waals surface area contributed by atoms with Crippen LogP contribution in [0.1, 0.15) is 52.5 Å². The number of imide groups is 1. The molecule has 0 radical (unpaired) electrons. The van der Waals surface area contributed by atoms with E-state index >= 15 is 0 Å². The van der Waals surface area contributed by atoms with E-state index in [0.29, 0.717) is 27.7 Å². The van der Waals surface area contributed by atoms with Crippen LogP contribution < -0.4 is 15.1 Å². The summed E-state index contributed by atoms with van der Waals surface area (Å²) >= 11 is 2.06. The van der Waals surface area contributed by atoms with Gasteiger partial charge in [0.2, 0.25) is 11.8 Å². The SMILES string of the molecule is COc1cc(/C=C(\C)CC[C@@H](O)C2=C(CO[Si](c3ccccc3)(c3ccccc3)C(C)(C)C)C[C@H]3C(=O)N(C)C(=O)[C@H]3[C@H]2CO)cc(I)c1O. The fraction of sp³-hybridized carbons (Fsp3) is 0.400. The van der Waals surface area contributed by atoms with Crippen molar-refractivity contribution < 1.29 is 34.1 Å². The van der Waals surface area contributed by atoms with Crippen molar-refractivity contribution in [2.75, 3.05) is 27.4 Å². The number of aliphatic hydroxyl groups excluding tert-OH is 2. The minimum atomic E-state index is -2.98. The average molecular weight is 810 g/mol. The summed E-state index contributed by atoms with van der Waals surface area (Å²) in [6, 6.07) is 24.2. The first kappa shape index (κ1) is 37.9. The molecular formula is C40H48INO7Si. The number of phenolic OH excluding ortho intramolecular Hbond substituents is 1. The summed E-state index contributed by atoms with van der Waals surface area (Å²) in [4.78, 5) is 28.0. The molecule has 1 fully saturated rings. The Morgan fingerprint density at radius 3 is 2.18 bits per heavy atom. The largest absolute Gasteiger partial charge is 0.504 e. The molecule has 1 heterocycles. The third kappa shape index (κ3) is 7.23. The third-order valence-corrected chi connectivity index (χ3v) is 16.1. The number of halogens is 1. The number of benzene rings is 3. The number of aromatic hydroxyl groups is 1. The minimum absolute atomic E-state index is 0.0920. The average Bonchev–Trinajstić information content (AvgIpc) is 3.31. The Morgan fingerprint density at radius 1 is 1.04 bits per heavy atom. The van der Waals surface area contributed by atoms with Crippen molar-refractivity contribution in [1.82, 2.24) is 4.90 Å². The highest BCUT2D eigenvalue weighted by Gasteiger charge is 2.55. The van der Waals surface area contributed by atoms with Crippen molar-refractivity contribution in [3.8, 4) is 11.5 Å². The van der Waals surface area contributed by atoms with Crippen LogP contribution in [0.15, 0.2) is 89.5 Å². The van der Waals surface area contributed by atoms with Gasteiger partial charge in [-0.15, -0.1) is 0 Å². The van der Waals surface area contributed by atoms with Crippen LogP contribution in [-0.2, 0) is 14.0 Å². The molecule has 2 amide bonds. The maximum atomic E-state index is 13.4. The normalized spacial score (nSPS) is 20.7. The van der Waals surface area contributed by atoms with E-state index in [1.54, 1.807) is 6.07 Å². The number of rotatable bonds is 12. The van der Waals surface area contributed by atoms with E-state index < -0.39 is 32.2 Å². The van der Waals surface area contributed by atoms with Crippen LogP contribution >= 0.6 is 22.6 Å². The highest BCUT2D eigenvalue weighted by molar-refractivity contribution is 14.1. The van der Waals surface area contributed by atoms with Crippen LogP contribution in [0, 0.1) is 21.3 Å².